The third-order valence-corrected chi connectivity index (χ3v) is 14.1. The molecule has 0 aromatic carbocycles. The van der Waals surface area contributed by atoms with Gasteiger partial charge in [0.1, 0.15) is 0 Å². The summed E-state index contributed by atoms with van der Waals surface area (Å²) in [7, 11) is -2.68. The van der Waals surface area contributed by atoms with Crippen LogP contribution in [0.4, 0.5) is 0 Å². The van der Waals surface area contributed by atoms with Gasteiger partial charge in [0.25, 0.3) is 13.5 Å². The molecule has 0 bridgehead atoms. The predicted molar refractivity (Wildman–Crippen MR) is 83.6 cm³/mol. The van der Waals surface area contributed by atoms with Crippen LogP contribution in [0.2, 0.25) is 0 Å². The van der Waals surface area contributed by atoms with Gasteiger partial charge in [0.15, 0.2) is 0 Å². The molecular formula is C7H17Cl2N6OP3. The molecule has 0 aliphatic carbocycles. The van der Waals surface area contributed by atoms with E-state index < -0.39 is 21.0 Å². The van der Waals surface area contributed by atoms with Crippen LogP contribution in [0.25, 0.3) is 0 Å². The number of hydrogen-bond donors (Lipinski definition) is 2. The van der Waals surface area contributed by atoms with Crippen molar-refractivity contribution < 1.29 is 4.52 Å². The van der Waals surface area contributed by atoms with E-state index in [9.17, 15) is 0 Å². The largest absolute Gasteiger partial charge is 0.316 e. The second-order valence-electron chi connectivity index (χ2n) is 4.57. The molecule has 2 N–H and O–H groups in total. The molecule has 2 spiro atoms. The minimum atomic E-state index is -2.73. The average molecular weight is 365 g/mol. The topological polar surface area (TPSA) is 73.6 Å². The maximum Gasteiger partial charge on any atom is 0.279 e. The average Bonchev–Trinajstić information content (AvgIpc) is 2.32. The van der Waals surface area contributed by atoms with Crippen molar-refractivity contribution in [3.8, 4) is 0 Å². The highest BCUT2D eigenvalue weighted by atomic mass is 35.9. The van der Waals surface area contributed by atoms with Gasteiger partial charge in [-0.2, -0.15) is 13.5 Å². The van der Waals surface area contributed by atoms with Crippen LogP contribution >= 0.6 is 43.5 Å². The Balaban J connectivity index is 2.15. The van der Waals surface area contributed by atoms with E-state index in [1.54, 1.807) is 0 Å². The summed E-state index contributed by atoms with van der Waals surface area (Å²) in [5, 5.41) is 6.72. The van der Waals surface area contributed by atoms with Crippen molar-refractivity contribution in [2.75, 3.05) is 33.3 Å². The molecule has 2 fully saturated rings. The lowest BCUT2D eigenvalue weighted by Gasteiger charge is -2.40. The van der Waals surface area contributed by atoms with E-state index in [-0.39, 0.29) is 0 Å². The second kappa shape index (κ2) is 5.39. The molecule has 2 saturated heterocycles. The SMILES string of the molecule is CN1CCCNP12=NP1(=NP(Cl)(Cl)=N2)NCCCO1. The van der Waals surface area contributed by atoms with Crippen LogP contribution in [0.5, 0.6) is 0 Å². The molecule has 3 aliphatic rings. The van der Waals surface area contributed by atoms with Crippen molar-refractivity contribution in [3.05, 3.63) is 0 Å². The Bertz CT molecular complexity index is 535. The Morgan fingerprint density at radius 1 is 1.11 bits per heavy atom. The van der Waals surface area contributed by atoms with Gasteiger partial charge in [-0.25, -0.2) is 9.76 Å². The van der Waals surface area contributed by atoms with E-state index >= 15 is 0 Å². The molecule has 0 amide bonds. The lowest BCUT2D eigenvalue weighted by molar-refractivity contribution is 0.310. The van der Waals surface area contributed by atoms with Crippen molar-refractivity contribution >= 4 is 43.5 Å². The van der Waals surface area contributed by atoms with Gasteiger partial charge in [0.2, 0.25) is 7.51 Å². The summed E-state index contributed by atoms with van der Waals surface area (Å²) < 4.78 is 21.9. The monoisotopic (exact) mass is 364 g/mol. The fourth-order valence-electron chi connectivity index (χ4n) is 2.16. The second-order valence-corrected chi connectivity index (χ2v) is 14.8. The smallest absolute Gasteiger partial charge is 0.279 e. The minimum absolute atomic E-state index is 0.644. The molecule has 3 rings (SSSR count). The quantitative estimate of drug-likeness (QED) is 0.630. The van der Waals surface area contributed by atoms with Gasteiger partial charge in [0, 0.05) is 19.6 Å². The minimum Gasteiger partial charge on any atom is -0.316 e. The summed E-state index contributed by atoms with van der Waals surface area (Å²) in [6.45, 7) is 3.28. The van der Waals surface area contributed by atoms with Crippen LogP contribution in [0.15, 0.2) is 13.5 Å². The number of halogens is 2. The standard InChI is InChI=1S/C7H17Cl2N6OP3/c1-15-6-2-4-10-18(15)12-17(8,9)13-19(14-18)11-5-3-7-16-19/h10-11H,2-7H2,1H3. The molecule has 3 heterocycles. The van der Waals surface area contributed by atoms with Gasteiger partial charge in [-0.1, -0.05) is 0 Å². The fourth-order valence-corrected chi connectivity index (χ4v) is 15.2. The first-order valence-corrected chi connectivity index (χ1v) is 12.9. The Kier molecular flexibility index (Phi) is 4.26. The molecule has 2 atom stereocenters. The van der Waals surface area contributed by atoms with Gasteiger partial charge in [-0.3, -0.25) is 5.09 Å². The lowest BCUT2D eigenvalue weighted by Crippen LogP contribution is -2.33. The van der Waals surface area contributed by atoms with Crippen molar-refractivity contribution in [2.45, 2.75) is 12.8 Å². The Morgan fingerprint density at radius 3 is 2.58 bits per heavy atom. The summed E-state index contributed by atoms with van der Waals surface area (Å²) in [4.78, 5) is 0. The predicted octanol–water partition coefficient (Wildman–Crippen LogP) is 4.25. The van der Waals surface area contributed by atoms with Crippen LogP contribution in [0, 0.1) is 0 Å². The van der Waals surface area contributed by atoms with Gasteiger partial charge in [-0.15, -0.1) is 0 Å². The van der Waals surface area contributed by atoms with Crippen molar-refractivity contribution in [3.63, 3.8) is 0 Å². The van der Waals surface area contributed by atoms with Crippen LogP contribution in [0.3, 0.4) is 0 Å². The van der Waals surface area contributed by atoms with E-state index in [1.165, 1.54) is 0 Å². The molecule has 3 aliphatic heterocycles. The first-order valence-electron chi connectivity index (χ1n) is 6.13. The van der Waals surface area contributed by atoms with Gasteiger partial charge < -0.3 is 4.52 Å². The van der Waals surface area contributed by atoms with E-state index in [4.69, 9.17) is 31.5 Å². The molecule has 0 saturated carbocycles. The third-order valence-electron chi connectivity index (χ3n) is 3.08. The van der Waals surface area contributed by atoms with Crippen LogP contribution in [0.1, 0.15) is 12.8 Å². The molecule has 0 aromatic rings. The van der Waals surface area contributed by atoms with Crippen LogP contribution in [-0.4, -0.2) is 38.0 Å². The number of nitrogens with one attached hydrogen (secondary N) is 2. The summed E-state index contributed by atoms with van der Waals surface area (Å²) in [6, 6.07) is 0. The number of nitrogens with zero attached hydrogens (tertiary/aromatic N) is 4. The normalized spacial score (nSPS) is 42.5. The summed E-state index contributed by atoms with van der Waals surface area (Å²) in [6.07, 6.45) is 2.02. The molecule has 110 valence electrons. The van der Waals surface area contributed by atoms with E-state index in [1.807, 2.05) is 7.05 Å². The number of hydrogen-bond acceptors (Lipinski definition) is 7. The van der Waals surface area contributed by atoms with E-state index in [0.717, 1.165) is 32.5 Å². The first-order chi connectivity index (χ1) is 8.96. The zero-order valence-corrected chi connectivity index (χ0v) is 14.7. The van der Waals surface area contributed by atoms with Gasteiger partial charge >= 0.3 is 0 Å². The van der Waals surface area contributed by atoms with Crippen LogP contribution < -0.4 is 10.2 Å². The highest BCUT2D eigenvalue weighted by Gasteiger charge is 2.40. The number of rotatable bonds is 0. The van der Waals surface area contributed by atoms with Crippen molar-refractivity contribution in [1.82, 2.24) is 14.8 Å². The molecular weight excluding hydrogens is 348 g/mol. The summed E-state index contributed by atoms with van der Waals surface area (Å²) in [5.74, 6) is -2.73. The molecule has 0 aromatic heterocycles. The summed E-state index contributed by atoms with van der Waals surface area (Å²) >= 11 is 12.7. The third kappa shape index (κ3) is 3.01. The highest BCUT2D eigenvalue weighted by Crippen LogP contribution is 2.81. The highest BCUT2D eigenvalue weighted by molar-refractivity contribution is 8.13. The zero-order valence-electron chi connectivity index (χ0n) is 10.5. The lowest BCUT2D eigenvalue weighted by atomic mass is 10.4. The molecule has 7 nitrogen and oxygen atoms in total. The molecule has 0 radical (unpaired) electrons. The first kappa shape index (κ1) is 15.0. The Morgan fingerprint density at radius 2 is 1.89 bits per heavy atom. The van der Waals surface area contributed by atoms with Crippen molar-refractivity contribution in [2.24, 2.45) is 13.5 Å². The fraction of sp³-hybridized carbons (Fsp3) is 1.00. The van der Waals surface area contributed by atoms with Gasteiger partial charge in [0.05, 0.1) is 6.61 Å². The van der Waals surface area contributed by atoms with E-state index in [2.05, 4.69) is 23.9 Å². The Labute approximate surface area is 122 Å². The van der Waals surface area contributed by atoms with E-state index in [0.29, 0.717) is 6.61 Å². The Hall–Kier alpha value is 1.11. The van der Waals surface area contributed by atoms with Crippen molar-refractivity contribution in [1.29, 1.82) is 0 Å². The maximum atomic E-state index is 6.34. The zero-order chi connectivity index (χ0) is 13.6. The molecule has 2 unspecified atom stereocenters. The molecule has 19 heavy (non-hydrogen) atoms. The summed E-state index contributed by atoms with van der Waals surface area (Å²) in [5.41, 5.74) is 0. The maximum absolute atomic E-state index is 6.34. The van der Waals surface area contributed by atoms with Gasteiger partial charge in [-0.05, 0) is 42.4 Å². The van der Waals surface area contributed by atoms with Crippen LogP contribution in [-0.2, 0) is 4.52 Å². The molecule has 12 heteroatoms.